The van der Waals surface area contributed by atoms with Crippen LogP contribution >= 0.6 is 0 Å². The molecule has 0 unspecified atom stereocenters. The molecular formula is C18H22N6. The van der Waals surface area contributed by atoms with Crippen LogP contribution in [0.2, 0.25) is 0 Å². The van der Waals surface area contributed by atoms with Gasteiger partial charge in [-0.2, -0.15) is 10.2 Å². The SMILES string of the molecule is Cn1ncc2nc(-c3cn(C4CC(CN)C4)nc3C3CC3)ccc21. The minimum absolute atomic E-state index is 0.506. The molecule has 3 heterocycles. The molecule has 0 saturated heterocycles. The number of nitrogens with two attached hydrogens (primary N) is 1. The van der Waals surface area contributed by atoms with Crippen LogP contribution in [0.5, 0.6) is 0 Å². The number of pyridine rings is 1. The van der Waals surface area contributed by atoms with Gasteiger partial charge >= 0.3 is 0 Å². The molecule has 2 aliphatic rings. The molecule has 0 bridgehead atoms. The average Bonchev–Trinajstić information content (AvgIpc) is 3.21. The summed E-state index contributed by atoms with van der Waals surface area (Å²) in [6, 6.07) is 4.71. The van der Waals surface area contributed by atoms with E-state index < -0.39 is 0 Å². The topological polar surface area (TPSA) is 74.5 Å². The van der Waals surface area contributed by atoms with Gasteiger partial charge in [0.1, 0.15) is 5.52 Å². The highest BCUT2D eigenvalue weighted by molar-refractivity contribution is 5.78. The van der Waals surface area contributed by atoms with E-state index in [1.807, 2.05) is 17.9 Å². The molecule has 3 aromatic heterocycles. The minimum Gasteiger partial charge on any atom is -0.330 e. The van der Waals surface area contributed by atoms with Crippen molar-refractivity contribution in [3.63, 3.8) is 0 Å². The second kappa shape index (κ2) is 5.14. The van der Waals surface area contributed by atoms with E-state index in [0.29, 0.717) is 17.9 Å². The molecule has 124 valence electrons. The van der Waals surface area contributed by atoms with Gasteiger partial charge in [-0.05, 0) is 50.3 Å². The summed E-state index contributed by atoms with van der Waals surface area (Å²) >= 11 is 0. The molecule has 0 atom stereocenters. The highest BCUT2D eigenvalue weighted by Gasteiger charge is 2.34. The normalized spacial score (nSPS) is 23.6. The van der Waals surface area contributed by atoms with Gasteiger partial charge in [-0.25, -0.2) is 4.98 Å². The van der Waals surface area contributed by atoms with E-state index in [1.165, 1.54) is 24.1 Å². The smallest absolute Gasteiger partial charge is 0.109 e. The second-order valence-electron chi connectivity index (χ2n) is 7.28. The first kappa shape index (κ1) is 14.2. The lowest BCUT2D eigenvalue weighted by Gasteiger charge is -2.34. The summed E-state index contributed by atoms with van der Waals surface area (Å²) in [6.07, 6.45) is 8.82. The minimum atomic E-state index is 0.506. The Labute approximate surface area is 140 Å². The Kier molecular flexibility index (Phi) is 3.03. The van der Waals surface area contributed by atoms with Gasteiger partial charge in [0.15, 0.2) is 0 Å². The van der Waals surface area contributed by atoms with Crippen molar-refractivity contribution in [2.45, 2.75) is 37.6 Å². The van der Waals surface area contributed by atoms with Gasteiger partial charge < -0.3 is 5.73 Å². The Morgan fingerprint density at radius 1 is 1.25 bits per heavy atom. The number of hydrogen-bond acceptors (Lipinski definition) is 4. The Morgan fingerprint density at radius 2 is 2.08 bits per heavy atom. The average molecular weight is 322 g/mol. The molecule has 0 amide bonds. The first-order chi connectivity index (χ1) is 11.7. The third kappa shape index (κ3) is 2.17. The van der Waals surface area contributed by atoms with Crippen LogP contribution in [0.15, 0.2) is 24.5 Å². The number of aromatic nitrogens is 5. The summed E-state index contributed by atoms with van der Waals surface area (Å²) in [6.45, 7) is 0.791. The number of rotatable bonds is 4. The molecule has 2 aliphatic carbocycles. The van der Waals surface area contributed by atoms with Crippen LogP contribution in [0.1, 0.15) is 43.3 Å². The van der Waals surface area contributed by atoms with E-state index in [4.69, 9.17) is 15.8 Å². The van der Waals surface area contributed by atoms with Crippen molar-refractivity contribution in [3.05, 3.63) is 30.2 Å². The van der Waals surface area contributed by atoms with Crippen molar-refractivity contribution in [2.24, 2.45) is 18.7 Å². The zero-order valence-corrected chi connectivity index (χ0v) is 13.9. The third-order valence-electron chi connectivity index (χ3n) is 5.52. The largest absolute Gasteiger partial charge is 0.330 e. The van der Waals surface area contributed by atoms with Gasteiger partial charge in [-0.1, -0.05) is 0 Å². The van der Waals surface area contributed by atoms with E-state index in [-0.39, 0.29) is 0 Å². The predicted molar refractivity (Wildman–Crippen MR) is 92.5 cm³/mol. The lowest BCUT2D eigenvalue weighted by Crippen LogP contribution is -2.32. The van der Waals surface area contributed by atoms with Crippen molar-refractivity contribution in [1.29, 1.82) is 0 Å². The van der Waals surface area contributed by atoms with Crippen molar-refractivity contribution in [1.82, 2.24) is 24.5 Å². The summed E-state index contributed by atoms with van der Waals surface area (Å²) in [5.74, 6) is 1.27. The van der Waals surface area contributed by atoms with Gasteiger partial charge in [-0.15, -0.1) is 0 Å². The zero-order valence-electron chi connectivity index (χ0n) is 13.9. The number of fused-ring (bicyclic) bond motifs is 1. The van der Waals surface area contributed by atoms with Crippen molar-refractivity contribution in [3.8, 4) is 11.3 Å². The molecule has 0 aliphatic heterocycles. The van der Waals surface area contributed by atoms with E-state index in [2.05, 4.69) is 28.1 Å². The molecule has 2 fully saturated rings. The van der Waals surface area contributed by atoms with Crippen molar-refractivity contribution < 1.29 is 0 Å². The highest BCUT2D eigenvalue weighted by Crippen LogP contribution is 2.45. The molecule has 2 saturated carbocycles. The lowest BCUT2D eigenvalue weighted by atomic mass is 9.80. The first-order valence-corrected chi connectivity index (χ1v) is 8.81. The molecule has 0 spiro atoms. The monoisotopic (exact) mass is 322 g/mol. The fourth-order valence-electron chi connectivity index (χ4n) is 3.75. The standard InChI is InChI=1S/C18H22N6/c1-23-17-5-4-15(21-16(17)9-20-23)14-10-24(13-6-11(7-13)8-19)22-18(14)12-2-3-12/h4-5,9-13H,2-3,6-8,19H2,1H3. The maximum atomic E-state index is 5.77. The van der Waals surface area contributed by atoms with Gasteiger partial charge in [0.2, 0.25) is 0 Å². The van der Waals surface area contributed by atoms with Gasteiger partial charge in [0.05, 0.1) is 29.1 Å². The molecule has 0 aromatic carbocycles. The molecule has 6 heteroatoms. The third-order valence-corrected chi connectivity index (χ3v) is 5.52. The van der Waals surface area contributed by atoms with Crippen LogP contribution in [0, 0.1) is 5.92 Å². The van der Waals surface area contributed by atoms with Crippen LogP contribution < -0.4 is 5.73 Å². The van der Waals surface area contributed by atoms with Crippen LogP contribution in [0.25, 0.3) is 22.3 Å². The van der Waals surface area contributed by atoms with E-state index in [1.54, 1.807) is 0 Å². The quantitative estimate of drug-likeness (QED) is 0.801. The van der Waals surface area contributed by atoms with Crippen LogP contribution in [-0.4, -0.2) is 31.1 Å². The van der Waals surface area contributed by atoms with Crippen molar-refractivity contribution in [2.75, 3.05) is 6.54 Å². The van der Waals surface area contributed by atoms with Gasteiger partial charge in [0.25, 0.3) is 0 Å². The van der Waals surface area contributed by atoms with E-state index in [0.717, 1.165) is 36.1 Å². The molecule has 2 N–H and O–H groups in total. The van der Waals surface area contributed by atoms with Crippen LogP contribution in [0.3, 0.4) is 0 Å². The van der Waals surface area contributed by atoms with E-state index in [9.17, 15) is 0 Å². The highest BCUT2D eigenvalue weighted by atomic mass is 15.3. The predicted octanol–water partition coefficient (Wildman–Crippen LogP) is 2.62. The summed E-state index contributed by atoms with van der Waals surface area (Å²) in [7, 11) is 1.95. The Morgan fingerprint density at radius 3 is 2.83 bits per heavy atom. The Hall–Kier alpha value is -2.21. The van der Waals surface area contributed by atoms with Crippen LogP contribution in [0.4, 0.5) is 0 Å². The Balaban J connectivity index is 1.54. The zero-order chi connectivity index (χ0) is 16.3. The first-order valence-electron chi connectivity index (χ1n) is 8.81. The fourth-order valence-corrected chi connectivity index (χ4v) is 3.75. The summed E-state index contributed by atoms with van der Waals surface area (Å²) < 4.78 is 4.03. The van der Waals surface area contributed by atoms with Gasteiger partial charge in [-0.3, -0.25) is 9.36 Å². The van der Waals surface area contributed by atoms with E-state index >= 15 is 0 Å². The molecular weight excluding hydrogens is 300 g/mol. The summed E-state index contributed by atoms with van der Waals surface area (Å²) in [5.41, 5.74) is 11.2. The lowest BCUT2D eigenvalue weighted by molar-refractivity contribution is 0.189. The second-order valence-corrected chi connectivity index (χ2v) is 7.28. The molecule has 6 nitrogen and oxygen atoms in total. The summed E-state index contributed by atoms with van der Waals surface area (Å²) in [5, 5.41) is 9.24. The van der Waals surface area contributed by atoms with Gasteiger partial charge in [0, 0.05) is 24.7 Å². The van der Waals surface area contributed by atoms with Crippen LogP contribution in [-0.2, 0) is 7.05 Å². The number of hydrogen-bond donors (Lipinski definition) is 1. The molecule has 3 aromatic rings. The maximum Gasteiger partial charge on any atom is 0.109 e. The molecule has 24 heavy (non-hydrogen) atoms. The molecule has 5 rings (SSSR count). The summed E-state index contributed by atoms with van der Waals surface area (Å²) in [4.78, 5) is 4.83. The Bertz CT molecular complexity index is 898. The van der Waals surface area contributed by atoms with Crippen molar-refractivity contribution >= 4 is 11.0 Å². The maximum absolute atomic E-state index is 5.77. The number of aryl methyl sites for hydroxylation is 1. The fraction of sp³-hybridized carbons (Fsp3) is 0.500. The number of nitrogens with zero attached hydrogens (tertiary/aromatic N) is 5. The molecule has 0 radical (unpaired) electrons.